The normalized spacial score (nSPS) is 10.7. The van der Waals surface area contributed by atoms with Crippen LogP contribution < -0.4 is 10.1 Å². The lowest BCUT2D eigenvalue weighted by molar-refractivity contribution is -0.159. The molecule has 0 fully saturated rings. The van der Waals surface area contributed by atoms with Crippen molar-refractivity contribution >= 4 is 23.9 Å². The van der Waals surface area contributed by atoms with E-state index in [1.165, 1.54) is 5.56 Å². The fraction of sp³-hybridized carbons (Fsp3) is 0.350. The quantitative estimate of drug-likeness (QED) is 0.282. The highest BCUT2D eigenvalue weighted by Crippen LogP contribution is 2.13. The summed E-state index contributed by atoms with van der Waals surface area (Å²) in [4.78, 5) is 40.4. The van der Waals surface area contributed by atoms with Gasteiger partial charge in [0.05, 0.1) is 6.33 Å². The fourth-order valence-electron chi connectivity index (χ4n) is 1.91. The number of nitrogens with zero attached hydrogens (tertiary/aromatic N) is 2. The second kappa shape index (κ2) is 15.8. The highest BCUT2D eigenvalue weighted by atomic mass is 16.5. The zero-order valence-corrected chi connectivity index (χ0v) is 18.0. The summed E-state index contributed by atoms with van der Waals surface area (Å²) >= 11 is 0. The van der Waals surface area contributed by atoms with Gasteiger partial charge in [0.15, 0.2) is 0 Å². The molecule has 6 N–H and O–H groups in total. The van der Waals surface area contributed by atoms with Crippen LogP contribution in [-0.2, 0) is 25.7 Å². The summed E-state index contributed by atoms with van der Waals surface area (Å²) in [5, 5.41) is 42.5. The molecule has 0 aliphatic rings. The standard InChI is InChI=1S/C16H23N3O2.2C2H2O4/c1-13(2)18-9-15(20)11-21-16-5-3-14(4-6-16)10-19-8-7-17-12-19;2*3-1(4)2(5)6/h3-8,12-13,15,18,20H,9-11H2,1-2H3;2*(H,3,4)(H,5,6). The maximum atomic E-state index is 9.79. The van der Waals surface area contributed by atoms with Crippen LogP contribution in [0, 0.1) is 0 Å². The number of ether oxygens (including phenoxy) is 1. The molecule has 1 aromatic heterocycles. The van der Waals surface area contributed by atoms with E-state index in [0.717, 1.165) is 12.3 Å². The van der Waals surface area contributed by atoms with Crippen molar-refractivity contribution in [1.29, 1.82) is 0 Å². The topological polar surface area (TPSA) is 209 Å². The third-order valence-electron chi connectivity index (χ3n) is 3.42. The van der Waals surface area contributed by atoms with Crippen molar-refractivity contribution in [3.05, 3.63) is 48.5 Å². The minimum Gasteiger partial charge on any atom is -0.491 e. The van der Waals surface area contributed by atoms with E-state index >= 15 is 0 Å². The molecule has 0 amide bonds. The van der Waals surface area contributed by atoms with Gasteiger partial charge in [0, 0.05) is 31.5 Å². The number of carboxylic acid groups (broad SMARTS) is 4. The van der Waals surface area contributed by atoms with Crippen molar-refractivity contribution in [2.75, 3.05) is 13.2 Å². The Balaban J connectivity index is 0.000000705. The summed E-state index contributed by atoms with van der Waals surface area (Å²) < 4.78 is 7.59. The molecule has 0 saturated heterocycles. The number of aromatic nitrogens is 2. The lowest BCUT2D eigenvalue weighted by Gasteiger charge is -2.15. The Bertz CT molecular complexity index is 819. The molecule has 1 unspecified atom stereocenters. The van der Waals surface area contributed by atoms with E-state index in [4.69, 9.17) is 44.3 Å². The molecule has 2 rings (SSSR count). The van der Waals surface area contributed by atoms with E-state index in [1.807, 2.05) is 48.9 Å². The molecule has 13 heteroatoms. The molecular formula is C20H27N3O10. The highest BCUT2D eigenvalue weighted by molar-refractivity contribution is 6.27. The van der Waals surface area contributed by atoms with Gasteiger partial charge in [-0.25, -0.2) is 24.2 Å². The first-order chi connectivity index (χ1) is 15.4. The Morgan fingerprint density at radius 3 is 1.88 bits per heavy atom. The Morgan fingerprint density at radius 2 is 1.48 bits per heavy atom. The number of aliphatic carboxylic acids is 4. The number of aliphatic hydroxyl groups is 1. The number of hydrogen-bond donors (Lipinski definition) is 6. The van der Waals surface area contributed by atoms with Gasteiger partial charge in [-0.1, -0.05) is 26.0 Å². The van der Waals surface area contributed by atoms with Gasteiger partial charge in [-0.05, 0) is 17.7 Å². The largest absolute Gasteiger partial charge is 0.491 e. The molecule has 2 aromatic rings. The molecule has 0 aliphatic carbocycles. The van der Waals surface area contributed by atoms with Crippen molar-refractivity contribution in [3.8, 4) is 5.75 Å². The van der Waals surface area contributed by atoms with Crippen LogP contribution >= 0.6 is 0 Å². The van der Waals surface area contributed by atoms with E-state index in [2.05, 4.69) is 10.3 Å². The molecule has 0 saturated carbocycles. The van der Waals surface area contributed by atoms with Crippen LogP contribution in [0.15, 0.2) is 43.0 Å². The van der Waals surface area contributed by atoms with Crippen LogP contribution in [0.4, 0.5) is 0 Å². The lowest BCUT2D eigenvalue weighted by Crippen LogP contribution is -2.35. The molecule has 1 aromatic carbocycles. The summed E-state index contributed by atoms with van der Waals surface area (Å²) in [5.74, 6) is -6.53. The fourth-order valence-corrected chi connectivity index (χ4v) is 1.91. The Hall–Kier alpha value is -3.97. The Labute approximate surface area is 188 Å². The van der Waals surface area contributed by atoms with Crippen LogP contribution in [0.2, 0.25) is 0 Å². The van der Waals surface area contributed by atoms with E-state index < -0.39 is 30.0 Å². The van der Waals surface area contributed by atoms with E-state index in [0.29, 0.717) is 19.2 Å². The molecule has 1 heterocycles. The highest BCUT2D eigenvalue weighted by Gasteiger charge is 2.06. The van der Waals surface area contributed by atoms with Crippen molar-refractivity contribution < 1.29 is 49.4 Å². The Kier molecular flexibility index (Phi) is 13.9. The van der Waals surface area contributed by atoms with E-state index in [-0.39, 0.29) is 0 Å². The average molecular weight is 469 g/mol. The van der Waals surface area contributed by atoms with E-state index in [9.17, 15) is 5.11 Å². The minimum absolute atomic E-state index is 0.292. The van der Waals surface area contributed by atoms with Crippen molar-refractivity contribution in [1.82, 2.24) is 14.9 Å². The molecule has 182 valence electrons. The molecular weight excluding hydrogens is 442 g/mol. The average Bonchev–Trinajstić information content (AvgIpc) is 3.25. The number of hydrogen-bond acceptors (Lipinski definition) is 8. The SMILES string of the molecule is CC(C)NCC(O)COc1ccc(Cn2ccnc2)cc1.O=C(O)C(=O)O.O=C(O)C(=O)O. The Morgan fingerprint density at radius 1 is 0.970 bits per heavy atom. The maximum Gasteiger partial charge on any atom is 0.414 e. The molecule has 0 aliphatic heterocycles. The van der Waals surface area contributed by atoms with Gasteiger partial charge in [0.1, 0.15) is 18.5 Å². The van der Waals surface area contributed by atoms with Crippen LogP contribution in [-0.4, -0.2) is 84.3 Å². The second-order valence-corrected chi connectivity index (χ2v) is 6.63. The predicted octanol–water partition coefficient (Wildman–Crippen LogP) is -0.0197. The first kappa shape index (κ1) is 29.0. The van der Waals surface area contributed by atoms with Crippen LogP contribution in [0.1, 0.15) is 19.4 Å². The van der Waals surface area contributed by atoms with Crippen LogP contribution in [0.5, 0.6) is 5.75 Å². The van der Waals surface area contributed by atoms with Crippen LogP contribution in [0.25, 0.3) is 0 Å². The van der Waals surface area contributed by atoms with Crippen molar-refractivity contribution in [2.45, 2.75) is 32.5 Å². The number of carbonyl (C=O) groups is 4. The zero-order chi connectivity index (χ0) is 25.4. The summed E-state index contributed by atoms with van der Waals surface area (Å²) in [7, 11) is 0. The zero-order valence-electron chi connectivity index (χ0n) is 18.0. The summed E-state index contributed by atoms with van der Waals surface area (Å²) in [6, 6.07) is 8.26. The van der Waals surface area contributed by atoms with Crippen molar-refractivity contribution in [3.63, 3.8) is 0 Å². The van der Waals surface area contributed by atoms with Gasteiger partial charge in [-0.2, -0.15) is 0 Å². The number of carboxylic acids is 4. The molecule has 1 atom stereocenters. The molecule has 13 nitrogen and oxygen atoms in total. The maximum absolute atomic E-state index is 9.79. The number of rotatable bonds is 8. The van der Waals surface area contributed by atoms with Gasteiger partial charge >= 0.3 is 23.9 Å². The summed E-state index contributed by atoms with van der Waals surface area (Å²) in [6.07, 6.45) is 4.99. The van der Waals surface area contributed by atoms with Gasteiger partial charge in [0.2, 0.25) is 0 Å². The first-order valence-corrected chi connectivity index (χ1v) is 9.43. The molecule has 0 spiro atoms. The summed E-state index contributed by atoms with van der Waals surface area (Å²) in [6.45, 7) is 5.72. The smallest absolute Gasteiger partial charge is 0.414 e. The lowest BCUT2D eigenvalue weighted by atomic mass is 10.2. The van der Waals surface area contributed by atoms with Gasteiger partial charge < -0.3 is 40.2 Å². The molecule has 0 radical (unpaired) electrons. The number of nitrogens with one attached hydrogen (secondary N) is 1. The first-order valence-electron chi connectivity index (χ1n) is 9.43. The number of benzene rings is 1. The molecule has 33 heavy (non-hydrogen) atoms. The van der Waals surface area contributed by atoms with Gasteiger partial charge in [-0.3, -0.25) is 0 Å². The van der Waals surface area contributed by atoms with Gasteiger partial charge in [0.25, 0.3) is 0 Å². The predicted molar refractivity (Wildman–Crippen MR) is 113 cm³/mol. The number of aliphatic hydroxyl groups excluding tert-OH is 1. The van der Waals surface area contributed by atoms with E-state index in [1.54, 1.807) is 12.5 Å². The second-order valence-electron chi connectivity index (χ2n) is 6.63. The third-order valence-corrected chi connectivity index (χ3v) is 3.42. The summed E-state index contributed by atoms with van der Waals surface area (Å²) in [5.41, 5.74) is 1.18. The monoisotopic (exact) mass is 469 g/mol. The third kappa shape index (κ3) is 15.5. The minimum atomic E-state index is -1.82. The van der Waals surface area contributed by atoms with Gasteiger partial charge in [-0.15, -0.1) is 0 Å². The number of imidazole rings is 1. The van der Waals surface area contributed by atoms with Crippen LogP contribution in [0.3, 0.4) is 0 Å². The molecule has 0 bridgehead atoms. The van der Waals surface area contributed by atoms with Crippen molar-refractivity contribution in [2.24, 2.45) is 0 Å².